The van der Waals surface area contributed by atoms with Gasteiger partial charge in [0.1, 0.15) is 11.9 Å². The Kier molecular flexibility index (Phi) is 7.43. The van der Waals surface area contributed by atoms with Crippen molar-refractivity contribution in [2.75, 3.05) is 7.05 Å². The van der Waals surface area contributed by atoms with Crippen molar-refractivity contribution in [1.82, 2.24) is 5.32 Å². The zero-order valence-corrected chi connectivity index (χ0v) is 20.2. The van der Waals surface area contributed by atoms with Crippen molar-refractivity contribution in [3.8, 4) is 0 Å². The topological polar surface area (TPSA) is 66.0 Å². The van der Waals surface area contributed by atoms with Crippen LogP contribution in [0.2, 0.25) is 0 Å². The lowest BCUT2D eigenvalue weighted by Crippen LogP contribution is -2.59. The normalized spacial score (nSPS) is 27.5. The van der Waals surface area contributed by atoms with Gasteiger partial charge >= 0.3 is 6.18 Å². The molecule has 2 fully saturated rings. The minimum Gasteiger partial charge on any atom is -0.371 e. The van der Waals surface area contributed by atoms with E-state index >= 15 is 0 Å². The van der Waals surface area contributed by atoms with Crippen molar-refractivity contribution in [3.63, 3.8) is 0 Å². The van der Waals surface area contributed by atoms with E-state index in [4.69, 9.17) is 18.9 Å². The molecule has 0 radical (unpaired) electrons. The zero-order chi connectivity index (χ0) is 26.1. The maximum absolute atomic E-state index is 13.7. The lowest BCUT2D eigenvalue weighted by atomic mass is 9.78. The first kappa shape index (κ1) is 26.5. The third-order valence-corrected chi connectivity index (χ3v) is 6.41. The molecule has 1 heterocycles. The third kappa shape index (κ3) is 5.88. The van der Waals surface area contributed by atoms with Crippen LogP contribution in [0.5, 0.6) is 0 Å². The Labute approximate surface area is 206 Å². The summed E-state index contributed by atoms with van der Waals surface area (Å²) in [5.41, 5.74) is -1.28. The molecule has 1 amide bonds. The van der Waals surface area contributed by atoms with Gasteiger partial charge in [-0.25, -0.2) is 4.39 Å². The molecule has 6 nitrogen and oxygen atoms in total. The number of likely N-dealkylation sites (N-methyl/N-ethyl adjacent to an activating group) is 1. The summed E-state index contributed by atoms with van der Waals surface area (Å²) in [4.78, 5) is 13.1. The Morgan fingerprint density at radius 2 is 1.75 bits per heavy atom. The van der Waals surface area contributed by atoms with E-state index in [9.17, 15) is 22.4 Å². The van der Waals surface area contributed by atoms with E-state index < -0.39 is 53.2 Å². The summed E-state index contributed by atoms with van der Waals surface area (Å²) in [5.74, 6) is -1.78. The summed E-state index contributed by atoms with van der Waals surface area (Å²) >= 11 is 0. The number of amides is 1. The number of hydrogen-bond acceptors (Lipinski definition) is 5. The molecule has 4 atom stereocenters. The lowest BCUT2D eigenvalue weighted by molar-refractivity contribution is -0.183. The van der Waals surface area contributed by atoms with Gasteiger partial charge in [-0.05, 0) is 49.2 Å². The fourth-order valence-electron chi connectivity index (χ4n) is 4.82. The Hall–Kier alpha value is -2.53. The van der Waals surface area contributed by atoms with Crippen LogP contribution < -0.4 is 5.32 Å². The highest BCUT2D eigenvalue weighted by Gasteiger charge is 2.57. The van der Waals surface area contributed by atoms with E-state index in [1.165, 1.54) is 31.3 Å². The molecule has 0 spiro atoms. The van der Waals surface area contributed by atoms with E-state index in [0.717, 1.165) is 12.1 Å². The minimum absolute atomic E-state index is 0.0346. The highest BCUT2D eigenvalue weighted by atomic mass is 19.4. The molecular formula is C26H29F4NO5. The van der Waals surface area contributed by atoms with Crippen LogP contribution in [0.3, 0.4) is 0 Å². The number of halogens is 4. The van der Waals surface area contributed by atoms with E-state index in [-0.39, 0.29) is 26.1 Å². The summed E-state index contributed by atoms with van der Waals surface area (Å²) in [6.45, 7) is 3.32. The number of carbonyl (C=O) groups excluding carboxylic acids is 1. The molecule has 0 aromatic heterocycles. The van der Waals surface area contributed by atoms with Crippen molar-refractivity contribution < 1.29 is 41.3 Å². The Morgan fingerprint density at radius 3 is 2.42 bits per heavy atom. The standard InChI is InChI=1S/C26H29F4NO5/c1-24(2)35-21-13-25(23(32)31-3,34-15-17-7-5-9-19(27)11-17)12-20(22(21)36-24)33-14-16-6-4-8-18(10-16)26(28,29)30/h4-11,20-22H,12-15H2,1-3H3,(H,31,32)/t20-,21-,22+,25-/m1/s1. The van der Waals surface area contributed by atoms with E-state index in [2.05, 4.69) is 5.32 Å². The number of alkyl halides is 3. The second-order valence-electron chi connectivity index (χ2n) is 9.59. The molecule has 1 saturated heterocycles. The van der Waals surface area contributed by atoms with Gasteiger partial charge in [0.05, 0.1) is 31.0 Å². The van der Waals surface area contributed by atoms with Crippen LogP contribution in [0, 0.1) is 5.82 Å². The average Bonchev–Trinajstić information content (AvgIpc) is 3.14. The molecule has 2 aromatic carbocycles. The second-order valence-corrected chi connectivity index (χ2v) is 9.59. The molecule has 196 valence electrons. The molecule has 1 aliphatic carbocycles. The SMILES string of the molecule is CNC(=O)[C@@]1(OCc2cccc(F)c2)C[C@@H](OCc2cccc(C(F)(F)F)c2)[C@@H]2OC(C)(C)O[C@@H]2C1. The van der Waals surface area contributed by atoms with E-state index in [1.807, 2.05) is 0 Å². The van der Waals surface area contributed by atoms with Crippen LogP contribution in [-0.2, 0) is 43.1 Å². The molecule has 1 saturated carbocycles. The van der Waals surface area contributed by atoms with Crippen molar-refractivity contribution in [2.45, 2.75) is 75.8 Å². The summed E-state index contributed by atoms with van der Waals surface area (Å²) < 4.78 is 77.4. The lowest BCUT2D eigenvalue weighted by Gasteiger charge is -2.43. The highest BCUT2D eigenvalue weighted by Crippen LogP contribution is 2.44. The molecule has 1 aliphatic heterocycles. The predicted molar refractivity (Wildman–Crippen MR) is 121 cm³/mol. The predicted octanol–water partition coefficient (Wildman–Crippen LogP) is 4.75. The second kappa shape index (κ2) is 10.1. The van der Waals surface area contributed by atoms with Gasteiger partial charge in [-0.3, -0.25) is 4.79 Å². The maximum atomic E-state index is 13.7. The molecule has 0 bridgehead atoms. The minimum atomic E-state index is -4.47. The monoisotopic (exact) mass is 511 g/mol. The summed E-state index contributed by atoms with van der Waals surface area (Å²) in [6, 6.07) is 10.8. The smallest absolute Gasteiger partial charge is 0.371 e. The first-order valence-corrected chi connectivity index (χ1v) is 11.6. The zero-order valence-electron chi connectivity index (χ0n) is 20.2. The highest BCUT2D eigenvalue weighted by molar-refractivity contribution is 5.85. The Morgan fingerprint density at radius 1 is 1.06 bits per heavy atom. The van der Waals surface area contributed by atoms with Gasteiger partial charge < -0.3 is 24.3 Å². The first-order chi connectivity index (χ1) is 16.9. The maximum Gasteiger partial charge on any atom is 0.416 e. The van der Waals surface area contributed by atoms with Crippen LogP contribution in [0.1, 0.15) is 43.4 Å². The molecule has 1 N–H and O–H groups in total. The summed E-state index contributed by atoms with van der Waals surface area (Å²) in [6.07, 6.45) is -6.07. The van der Waals surface area contributed by atoms with Crippen LogP contribution >= 0.6 is 0 Å². The number of nitrogens with one attached hydrogen (secondary N) is 1. The molecule has 36 heavy (non-hydrogen) atoms. The van der Waals surface area contributed by atoms with Crippen LogP contribution in [0.4, 0.5) is 17.6 Å². The fraction of sp³-hybridized carbons (Fsp3) is 0.500. The van der Waals surface area contributed by atoms with Gasteiger partial charge in [-0.1, -0.05) is 24.3 Å². The van der Waals surface area contributed by atoms with Gasteiger partial charge in [-0.2, -0.15) is 13.2 Å². The van der Waals surface area contributed by atoms with Gasteiger partial charge in [0.25, 0.3) is 5.91 Å². The van der Waals surface area contributed by atoms with Gasteiger partial charge in [0.2, 0.25) is 0 Å². The van der Waals surface area contributed by atoms with Crippen molar-refractivity contribution in [3.05, 3.63) is 71.0 Å². The number of ether oxygens (including phenoxy) is 4. The van der Waals surface area contributed by atoms with Crippen molar-refractivity contribution in [1.29, 1.82) is 0 Å². The third-order valence-electron chi connectivity index (χ3n) is 6.41. The summed E-state index contributed by atoms with van der Waals surface area (Å²) in [5, 5.41) is 2.63. The first-order valence-electron chi connectivity index (χ1n) is 11.6. The Bertz CT molecular complexity index is 1090. The largest absolute Gasteiger partial charge is 0.416 e. The number of benzene rings is 2. The quantitative estimate of drug-likeness (QED) is 0.544. The summed E-state index contributed by atoms with van der Waals surface area (Å²) in [7, 11) is 1.48. The number of rotatable bonds is 7. The fourth-order valence-corrected chi connectivity index (χ4v) is 4.82. The molecule has 10 heteroatoms. The van der Waals surface area contributed by atoms with Crippen LogP contribution in [-0.4, -0.2) is 42.7 Å². The number of carbonyl (C=O) groups is 1. The van der Waals surface area contributed by atoms with E-state index in [1.54, 1.807) is 26.0 Å². The van der Waals surface area contributed by atoms with E-state index in [0.29, 0.717) is 11.1 Å². The Balaban J connectivity index is 1.58. The average molecular weight is 512 g/mol. The number of fused-ring (bicyclic) bond motifs is 1. The van der Waals surface area contributed by atoms with Crippen LogP contribution in [0.15, 0.2) is 48.5 Å². The molecule has 2 aliphatic rings. The van der Waals surface area contributed by atoms with Crippen molar-refractivity contribution >= 4 is 5.91 Å². The van der Waals surface area contributed by atoms with Gasteiger partial charge in [0.15, 0.2) is 11.4 Å². The van der Waals surface area contributed by atoms with Crippen molar-refractivity contribution in [2.24, 2.45) is 0 Å². The van der Waals surface area contributed by atoms with Crippen LogP contribution in [0.25, 0.3) is 0 Å². The molecule has 4 rings (SSSR count). The molecule has 2 aromatic rings. The van der Waals surface area contributed by atoms with Gasteiger partial charge in [-0.15, -0.1) is 0 Å². The number of hydrogen-bond donors (Lipinski definition) is 1. The molecule has 0 unspecified atom stereocenters. The van der Waals surface area contributed by atoms with Gasteiger partial charge in [0, 0.05) is 19.9 Å². The molecular weight excluding hydrogens is 482 g/mol.